The van der Waals surface area contributed by atoms with Crippen molar-refractivity contribution in [2.24, 2.45) is 5.92 Å². The average molecular weight is 536 g/mol. The third kappa shape index (κ3) is 7.05. The number of nitrogens with one attached hydrogen (secondary N) is 3. The van der Waals surface area contributed by atoms with Gasteiger partial charge >= 0.3 is 0 Å². The second kappa shape index (κ2) is 12.9. The molecule has 7 heteroatoms. The largest absolute Gasteiger partial charge is 0.490 e. The number of hydrogen-bond donors (Lipinski definition) is 3. The lowest BCUT2D eigenvalue weighted by Gasteiger charge is -2.28. The Bertz CT molecular complexity index is 1460. The smallest absolute Gasteiger partial charge is 0.251 e. The van der Waals surface area contributed by atoms with E-state index >= 15 is 0 Å². The summed E-state index contributed by atoms with van der Waals surface area (Å²) < 4.78 is 6.12. The highest BCUT2D eigenvalue weighted by Crippen LogP contribution is 2.29. The zero-order valence-corrected chi connectivity index (χ0v) is 22.3. The van der Waals surface area contributed by atoms with Crippen LogP contribution in [0.3, 0.4) is 0 Å². The van der Waals surface area contributed by atoms with Crippen LogP contribution in [0.5, 0.6) is 5.75 Å². The molecule has 0 saturated heterocycles. The second-order valence-electron chi connectivity index (χ2n) is 10.0. The van der Waals surface area contributed by atoms with Crippen molar-refractivity contribution in [1.29, 1.82) is 0 Å². The number of amides is 3. The minimum Gasteiger partial charge on any atom is -0.490 e. The van der Waals surface area contributed by atoms with E-state index in [1.54, 1.807) is 30.3 Å². The van der Waals surface area contributed by atoms with Gasteiger partial charge in [0.25, 0.3) is 11.8 Å². The molecule has 4 aromatic carbocycles. The number of fused-ring (bicyclic) bond motifs is 1. The molecule has 7 nitrogen and oxygen atoms in total. The van der Waals surface area contributed by atoms with Crippen LogP contribution in [0.15, 0.2) is 97.1 Å². The Morgan fingerprint density at radius 1 is 0.650 bits per heavy atom. The molecule has 3 amide bonds. The molecule has 0 aliphatic heterocycles. The summed E-state index contributed by atoms with van der Waals surface area (Å²) in [7, 11) is 0. The molecule has 5 rings (SSSR count). The van der Waals surface area contributed by atoms with Gasteiger partial charge in [0.1, 0.15) is 5.75 Å². The van der Waals surface area contributed by atoms with Gasteiger partial charge in [0.15, 0.2) is 0 Å². The molecule has 3 N–H and O–H groups in total. The maximum absolute atomic E-state index is 12.6. The van der Waals surface area contributed by atoms with Gasteiger partial charge in [-0.05, 0) is 85.0 Å². The standard InChI is InChI=1S/C33H33N3O4/c37-31(34-20-21-35-32(38)27-11-10-23-6-4-5-7-26(23)22-27)24-12-16-29(17-13-24)40-30-18-14-25(15-19-30)33(39)36-28-8-2-1-3-9-28/h1-13,16-17,22,25,30H,14-15,18-21H2,(H,34,37)(H,35,38)(H,36,39)/t25-,30+. The summed E-state index contributed by atoms with van der Waals surface area (Å²) in [6, 6.07) is 30.1. The van der Waals surface area contributed by atoms with E-state index < -0.39 is 0 Å². The van der Waals surface area contributed by atoms with Gasteiger partial charge in [-0.2, -0.15) is 0 Å². The molecule has 4 aromatic rings. The Hall–Kier alpha value is -4.65. The van der Waals surface area contributed by atoms with Crippen LogP contribution >= 0.6 is 0 Å². The summed E-state index contributed by atoms with van der Waals surface area (Å²) in [6.07, 6.45) is 3.22. The van der Waals surface area contributed by atoms with E-state index in [0.717, 1.165) is 42.1 Å². The summed E-state index contributed by atoms with van der Waals surface area (Å²) in [5.41, 5.74) is 1.93. The fourth-order valence-corrected chi connectivity index (χ4v) is 4.97. The molecule has 0 spiro atoms. The minimum absolute atomic E-state index is 0.0107. The van der Waals surface area contributed by atoms with Crippen LogP contribution in [0.1, 0.15) is 46.4 Å². The zero-order valence-electron chi connectivity index (χ0n) is 22.3. The van der Waals surface area contributed by atoms with Gasteiger partial charge in [-0.15, -0.1) is 0 Å². The molecule has 0 unspecified atom stereocenters. The van der Waals surface area contributed by atoms with Gasteiger partial charge in [0, 0.05) is 35.8 Å². The highest BCUT2D eigenvalue weighted by Gasteiger charge is 2.27. The van der Waals surface area contributed by atoms with E-state index in [-0.39, 0.29) is 29.7 Å². The number of carbonyl (C=O) groups excluding carboxylic acids is 3. The molecule has 204 valence electrons. The number of anilines is 1. The SMILES string of the molecule is O=C(NCCNC(=O)c1ccc2ccccc2c1)c1ccc(O[C@H]2CC[C@@H](C(=O)Nc3ccccc3)CC2)cc1. The van der Waals surface area contributed by atoms with E-state index in [1.165, 1.54) is 0 Å². The Morgan fingerprint density at radius 2 is 1.25 bits per heavy atom. The summed E-state index contributed by atoms with van der Waals surface area (Å²) in [5.74, 6) is 0.372. The third-order valence-corrected chi connectivity index (χ3v) is 7.21. The van der Waals surface area contributed by atoms with E-state index in [2.05, 4.69) is 16.0 Å². The minimum atomic E-state index is -0.212. The first-order valence-electron chi connectivity index (χ1n) is 13.7. The van der Waals surface area contributed by atoms with Gasteiger partial charge < -0.3 is 20.7 Å². The second-order valence-corrected chi connectivity index (χ2v) is 10.0. The van der Waals surface area contributed by atoms with Gasteiger partial charge in [-0.1, -0.05) is 48.5 Å². The predicted molar refractivity (Wildman–Crippen MR) is 157 cm³/mol. The molecule has 0 aromatic heterocycles. The lowest BCUT2D eigenvalue weighted by molar-refractivity contribution is -0.121. The van der Waals surface area contributed by atoms with Crippen molar-refractivity contribution < 1.29 is 19.1 Å². The highest BCUT2D eigenvalue weighted by atomic mass is 16.5. The highest BCUT2D eigenvalue weighted by molar-refractivity contribution is 5.98. The molecule has 1 fully saturated rings. The molecule has 1 aliphatic rings. The van der Waals surface area contributed by atoms with Crippen molar-refractivity contribution in [3.8, 4) is 5.75 Å². The van der Waals surface area contributed by atoms with E-state index in [4.69, 9.17) is 4.74 Å². The quantitative estimate of drug-likeness (QED) is 0.244. The molecule has 1 saturated carbocycles. The van der Waals surface area contributed by atoms with Gasteiger partial charge in [-0.25, -0.2) is 0 Å². The maximum atomic E-state index is 12.6. The Kier molecular flexibility index (Phi) is 8.71. The van der Waals surface area contributed by atoms with Gasteiger partial charge in [-0.3, -0.25) is 14.4 Å². The van der Waals surface area contributed by atoms with Crippen LogP contribution < -0.4 is 20.7 Å². The molecular formula is C33H33N3O4. The summed E-state index contributed by atoms with van der Waals surface area (Å²) >= 11 is 0. The normalized spacial score (nSPS) is 16.6. The lowest BCUT2D eigenvalue weighted by Crippen LogP contribution is -2.34. The third-order valence-electron chi connectivity index (χ3n) is 7.21. The molecule has 0 heterocycles. The number of carbonyl (C=O) groups is 3. The Balaban J connectivity index is 1.01. The van der Waals surface area contributed by atoms with Crippen LogP contribution in [0, 0.1) is 5.92 Å². The molecule has 1 aliphatic carbocycles. The fourth-order valence-electron chi connectivity index (χ4n) is 4.97. The lowest BCUT2D eigenvalue weighted by atomic mass is 9.86. The van der Waals surface area contributed by atoms with Crippen molar-refractivity contribution in [3.63, 3.8) is 0 Å². The van der Waals surface area contributed by atoms with E-state index in [1.807, 2.05) is 66.7 Å². The van der Waals surface area contributed by atoms with Crippen LogP contribution in [-0.2, 0) is 4.79 Å². The van der Waals surface area contributed by atoms with Crippen LogP contribution in [0.4, 0.5) is 5.69 Å². The Morgan fingerprint density at radius 3 is 1.95 bits per heavy atom. The number of para-hydroxylation sites is 1. The monoisotopic (exact) mass is 535 g/mol. The predicted octanol–water partition coefficient (Wildman–Crippen LogP) is 5.58. The van der Waals surface area contributed by atoms with Crippen molar-refractivity contribution in [3.05, 3.63) is 108 Å². The van der Waals surface area contributed by atoms with E-state index in [0.29, 0.717) is 30.0 Å². The van der Waals surface area contributed by atoms with Gasteiger partial charge in [0.05, 0.1) is 6.10 Å². The number of hydrogen-bond acceptors (Lipinski definition) is 4. The van der Waals surface area contributed by atoms with Crippen LogP contribution in [0.25, 0.3) is 10.8 Å². The molecule has 0 atom stereocenters. The van der Waals surface area contributed by atoms with Crippen LogP contribution in [-0.4, -0.2) is 36.9 Å². The zero-order chi connectivity index (χ0) is 27.7. The summed E-state index contributed by atoms with van der Waals surface area (Å²) in [4.78, 5) is 37.6. The van der Waals surface area contributed by atoms with Crippen molar-refractivity contribution in [1.82, 2.24) is 10.6 Å². The number of benzene rings is 4. The van der Waals surface area contributed by atoms with Crippen molar-refractivity contribution in [2.75, 3.05) is 18.4 Å². The number of ether oxygens (including phenoxy) is 1. The molecule has 40 heavy (non-hydrogen) atoms. The average Bonchev–Trinajstić information content (AvgIpc) is 3.00. The molecular weight excluding hydrogens is 502 g/mol. The van der Waals surface area contributed by atoms with E-state index in [9.17, 15) is 14.4 Å². The first-order chi connectivity index (χ1) is 19.5. The van der Waals surface area contributed by atoms with Gasteiger partial charge in [0.2, 0.25) is 5.91 Å². The first-order valence-corrected chi connectivity index (χ1v) is 13.7. The van der Waals surface area contributed by atoms with Crippen molar-refractivity contribution >= 4 is 34.2 Å². The fraction of sp³-hybridized carbons (Fsp3) is 0.242. The van der Waals surface area contributed by atoms with Crippen molar-refractivity contribution in [2.45, 2.75) is 31.8 Å². The number of rotatable bonds is 9. The summed E-state index contributed by atoms with van der Waals surface area (Å²) in [6.45, 7) is 0.641. The Labute approximate surface area is 233 Å². The maximum Gasteiger partial charge on any atom is 0.251 e. The molecule has 0 bridgehead atoms. The molecule has 0 radical (unpaired) electrons. The first kappa shape index (κ1) is 26.9. The topological polar surface area (TPSA) is 96.5 Å². The van der Waals surface area contributed by atoms with Crippen LogP contribution in [0.2, 0.25) is 0 Å². The summed E-state index contributed by atoms with van der Waals surface area (Å²) in [5, 5.41) is 10.8.